The van der Waals surface area contributed by atoms with E-state index in [1.54, 1.807) is 4.90 Å². The standard InChI is InChI=1S/C15H15FN4O3/c1-18-6-8-19(9-7-18)15(21)14-13-10(4-5-17-14)11(16)2-3-12(13)20(22)23/h2-5H,6-9H2,1H3. The Morgan fingerprint density at radius 3 is 2.61 bits per heavy atom. The number of fused-ring (bicyclic) bond motifs is 1. The van der Waals surface area contributed by atoms with E-state index in [2.05, 4.69) is 9.88 Å². The molecule has 0 aliphatic carbocycles. The van der Waals surface area contributed by atoms with Gasteiger partial charge in [-0.1, -0.05) is 0 Å². The summed E-state index contributed by atoms with van der Waals surface area (Å²) in [5, 5.41) is 11.2. The summed E-state index contributed by atoms with van der Waals surface area (Å²) in [7, 11) is 1.96. The summed E-state index contributed by atoms with van der Waals surface area (Å²) in [5.41, 5.74) is -0.384. The lowest BCUT2D eigenvalue weighted by Crippen LogP contribution is -2.47. The van der Waals surface area contributed by atoms with Crippen molar-refractivity contribution in [3.05, 3.63) is 46.0 Å². The van der Waals surface area contributed by atoms with Crippen LogP contribution in [0.5, 0.6) is 0 Å². The zero-order valence-electron chi connectivity index (χ0n) is 12.5. The molecule has 2 aromatic rings. The smallest absolute Gasteiger partial charge is 0.279 e. The van der Waals surface area contributed by atoms with Crippen molar-refractivity contribution in [3.63, 3.8) is 0 Å². The maximum Gasteiger partial charge on any atom is 0.279 e. The predicted molar refractivity (Wildman–Crippen MR) is 81.8 cm³/mol. The van der Waals surface area contributed by atoms with Crippen molar-refractivity contribution in [3.8, 4) is 0 Å². The number of pyridine rings is 1. The summed E-state index contributed by atoms with van der Waals surface area (Å²) in [6, 6.07) is 3.45. The minimum atomic E-state index is -0.621. The number of nitro groups is 1. The van der Waals surface area contributed by atoms with E-state index >= 15 is 0 Å². The molecule has 1 aliphatic rings. The monoisotopic (exact) mass is 318 g/mol. The SMILES string of the molecule is CN1CCN(C(=O)c2nccc3c(F)ccc([N+](=O)[O-])c23)CC1. The van der Waals surface area contributed by atoms with Crippen LogP contribution in [0, 0.1) is 15.9 Å². The van der Waals surface area contributed by atoms with Gasteiger partial charge in [-0.05, 0) is 19.2 Å². The molecule has 1 aromatic heterocycles. The Kier molecular flexibility index (Phi) is 3.91. The number of hydrogen-bond acceptors (Lipinski definition) is 5. The second kappa shape index (κ2) is 5.88. The van der Waals surface area contributed by atoms with Gasteiger partial charge in [0.1, 0.15) is 11.5 Å². The molecule has 0 radical (unpaired) electrons. The van der Waals surface area contributed by atoms with Crippen molar-refractivity contribution in [1.29, 1.82) is 0 Å². The van der Waals surface area contributed by atoms with Gasteiger partial charge in [-0.3, -0.25) is 19.9 Å². The van der Waals surface area contributed by atoms with E-state index < -0.39 is 16.6 Å². The van der Waals surface area contributed by atoms with Gasteiger partial charge in [0.25, 0.3) is 11.6 Å². The summed E-state index contributed by atoms with van der Waals surface area (Å²) < 4.78 is 14.0. The molecule has 1 saturated heterocycles. The van der Waals surface area contributed by atoms with Gasteiger partial charge in [0, 0.05) is 43.8 Å². The number of nitrogens with zero attached hydrogens (tertiary/aromatic N) is 4. The number of hydrogen-bond donors (Lipinski definition) is 0. The highest BCUT2D eigenvalue weighted by atomic mass is 19.1. The highest BCUT2D eigenvalue weighted by Crippen LogP contribution is 2.30. The number of likely N-dealkylation sites (N-methyl/N-ethyl adjacent to an activating group) is 1. The van der Waals surface area contributed by atoms with E-state index in [-0.39, 0.29) is 22.2 Å². The first-order valence-corrected chi connectivity index (χ1v) is 7.18. The second-order valence-electron chi connectivity index (χ2n) is 5.50. The van der Waals surface area contributed by atoms with Crippen LogP contribution in [-0.4, -0.2) is 58.8 Å². The Labute approximate surface area is 131 Å². The van der Waals surface area contributed by atoms with Crippen LogP contribution in [0.2, 0.25) is 0 Å². The topological polar surface area (TPSA) is 79.6 Å². The van der Waals surface area contributed by atoms with Crippen molar-refractivity contribution >= 4 is 22.4 Å². The molecule has 3 rings (SSSR count). The van der Waals surface area contributed by atoms with Gasteiger partial charge in [-0.25, -0.2) is 4.39 Å². The molecule has 7 nitrogen and oxygen atoms in total. The zero-order valence-corrected chi connectivity index (χ0v) is 12.5. The average Bonchev–Trinajstić information content (AvgIpc) is 2.54. The van der Waals surface area contributed by atoms with Crippen LogP contribution in [-0.2, 0) is 0 Å². The van der Waals surface area contributed by atoms with Gasteiger partial charge in [0.15, 0.2) is 0 Å². The molecule has 0 unspecified atom stereocenters. The summed E-state index contributed by atoms with van der Waals surface area (Å²) in [6.45, 7) is 2.45. The van der Waals surface area contributed by atoms with Crippen molar-refractivity contribution < 1.29 is 14.1 Å². The molecule has 2 heterocycles. The number of piperazine rings is 1. The number of benzene rings is 1. The van der Waals surface area contributed by atoms with Gasteiger partial charge in [-0.2, -0.15) is 0 Å². The maximum absolute atomic E-state index is 14.0. The Hall–Kier alpha value is -2.61. The molecular weight excluding hydrogens is 303 g/mol. The van der Waals surface area contributed by atoms with E-state index in [1.807, 2.05) is 7.05 Å². The van der Waals surface area contributed by atoms with Crippen LogP contribution < -0.4 is 0 Å². The summed E-state index contributed by atoms with van der Waals surface area (Å²) >= 11 is 0. The third-order valence-corrected chi connectivity index (χ3v) is 4.04. The first kappa shape index (κ1) is 15.3. The minimum Gasteiger partial charge on any atom is -0.335 e. The van der Waals surface area contributed by atoms with Crippen molar-refractivity contribution in [2.45, 2.75) is 0 Å². The number of halogens is 1. The Morgan fingerprint density at radius 1 is 1.26 bits per heavy atom. The largest absolute Gasteiger partial charge is 0.335 e. The molecule has 0 N–H and O–H groups in total. The Bertz CT molecular complexity index is 788. The lowest BCUT2D eigenvalue weighted by Gasteiger charge is -2.32. The predicted octanol–water partition coefficient (Wildman–Crippen LogP) is 1.67. The molecule has 0 saturated carbocycles. The van der Waals surface area contributed by atoms with Crippen LogP contribution >= 0.6 is 0 Å². The van der Waals surface area contributed by atoms with Crippen LogP contribution in [0.25, 0.3) is 10.8 Å². The Balaban J connectivity index is 2.12. The number of aromatic nitrogens is 1. The molecule has 120 valence electrons. The Morgan fingerprint density at radius 2 is 1.96 bits per heavy atom. The molecule has 1 fully saturated rings. The zero-order chi connectivity index (χ0) is 16.6. The number of carbonyl (C=O) groups is 1. The first-order chi connectivity index (χ1) is 11.0. The van der Waals surface area contributed by atoms with Gasteiger partial charge >= 0.3 is 0 Å². The fraction of sp³-hybridized carbons (Fsp3) is 0.333. The van der Waals surface area contributed by atoms with Gasteiger partial charge < -0.3 is 9.80 Å². The van der Waals surface area contributed by atoms with Gasteiger partial charge in [0.05, 0.1) is 10.3 Å². The molecule has 1 amide bonds. The highest BCUT2D eigenvalue weighted by molar-refractivity contribution is 6.08. The van der Waals surface area contributed by atoms with Crippen LogP contribution in [0.4, 0.5) is 10.1 Å². The summed E-state index contributed by atoms with van der Waals surface area (Å²) in [6.07, 6.45) is 1.30. The lowest BCUT2D eigenvalue weighted by atomic mass is 10.1. The number of non-ortho nitro benzene ring substituents is 1. The van der Waals surface area contributed by atoms with Crippen LogP contribution in [0.1, 0.15) is 10.5 Å². The van der Waals surface area contributed by atoms with Crippen molar-refractivity contribution in [2.24, 2.45) is 0 Å². The first-order valence-electron chi connectivity index (χ1n) is 7.18. The minimum absolute atomic E-state index is 0.0340. The van der Waals surface area contributed by atoms with E-state index in [0.29, 0.717) is 26.2 Å². The third-order valence-electron chi connectivity index (χ3n) is 4.04. The molecule has 1 aromatic carbocycles. The van der Waals surface area contributed by atoms with E-state index in [9.17, 15) is 19.3 Å². The molecule has 23 heavy (non-hydrogen) atoms. The number of nitro benzene ring substituents is 1. The second-order valence-corrected chi connectivity index (χ2v) is 5.50. The average molecular weight is 318 g/mol. The molecule has 0 atom stereocenters. The van der Waals surface area contributed by atoms with Crippen molar-refractivity contribution in [1.82, 2.24) is 14.8 Å². The fourth-order valence-electron chi connectivity index (χ4n) is 2.72. The molecular formula is C15H15FN4O3. The normalized spacial score (nSPS) is 15.8. The van der Waals surface area contributed by atoms with E-state index in [0.717, 1.165) is 12.1 Å². The quantitative estimate of drug-likeness (QED) is 0.621. The number of carbonyl (C=O) groups excluding carboxylic acids is 1. The van der Waals surface area contributed by atoms with Crippen LogP contribution in [0.3, 0.4) is 0 Å². The van der Waals surface area contributed by atoms with Crippen molar-refractivity contribution in [2.75, 3.05) is 33.2 Å². The highest BCUT2D eigenvalue weighted by Gasteiger charge is 2.27. The fourth-order valence-corrected chi connectivity index (χ4v) is 2.72. The molecule has 8 heteroatoms. The van der Waals surface area contributed by atoms with E-state index in [1.165, 1.54) is 12.3 Å². The molecule has 0 spiro atoms. The molecule has 0 bridgehead atoms. The number of rotatable bonds is 2. The van der Waals surface area contributed by atoms with Gasteiger partial charge in [-0.15, -0.1) is 0 Å². The lowest BCUT2D eigenvalue weighted by molar-refractivity contribution is -0.383. The third kappa shape index (κ3) is 2.72. The van der Waals surface area contributed by atoms with Crippen LogP contribution in [0.15, 0.2) is 24.4 Å². The number of amides is 1. The summed E-state index contributed by atoms with van der Waals surface area (Å²) in [5.74, 6) is -1.02. The maximum atomic E-state index is 14.0. The molecule has 1 aliphatic heterocycles. The van der Waals surface area contributed by atoms with Gasteiger partial charge in [0.2, 0.25) is 0 Å². The van der Waals surface area contributed by atoms with E-state index in [4.69, 9.17) is 0 Å². The summed E-state index contributed by atoms with van der Waals surface area (Å²) in [4.78, 5) is 31.0.